The Morgan fingerprint density at radius 3 is 2.64 bits per heavy atom. The number of rotatable bonds is 2. The molecule has 0 aromatic rings. The molecule has 3 nitrogen and oxygen atoms in total. The van der Waals surface area contributed by atoms with Crippen molar-refractivity contribution in [3.63, 3.8) is 0 Å². The monoisotopic (exact) mass is 195 g/mol. The Morgan fingerprint density at radius 2 is 2.14 bits per heavy atom. The summed E-state index contributed by atoms with van der Waals surface area (Å²) >= 11 is 0. The van der Waals surface area contributed by atoms with Crippen molar-refractivity contribution in [2.24, 2.45) is 17.3 Å². The molecule has 0 heterocycles. The third-order valence-corrected chi connectivity index (χ3v) is 3.05. The molecule has 0 aliphatic heterocycles. The molecular weight excluding hydrogens is 178 g/mol. The van der Waals surface area contributed by atoms with Crippen molar-refractivity contribution in [1.82, 2.24) is 0 Å². The van der Waals surface area contributed by atoms with Gasteiger partial charge in [-0.1, -0.05) is 12.2 Å². The van der Waals surface area contributed by atoms with Gasteiger partial charge in [-0.3, -0.25) is 0 Å². The minimum absolute atomic E-state index is 0.212. The first-order valence-corrected chi connectivity index (χ1v) is 4.91. The zero-order valence-electron chi connectivity index (χ0n) is 8.64. The largest absolute Gasteiger partial charge is 0.368 e. The highest BCUT2D eigenvalue weighted by Gasteiger charge is 2.33. The Bertz CT molecular complexity index is 263. The van der Waals surface area contributed by atoms with Gasteiger partial charge in [0.25, 0.3) is 0 Å². The Hall–Kier alpha value is -0.850. The first kappa shape index (κ1) is 11.2. The summed E-state index contributed by atoms with van der Waals surface area (Å²) in [6, 6.07) is 2.27. The lowest BCUT2D eigenvalue weighted by Crippen LogP contribution is -2.30. The topological polar surface area (TPSA) is 64.2 Å². The predicted molar refractivity (Wildman–Crippen MR) is 53.0 cm³/mol. The van der Waals surface area contributed by atoms with E-state index >= 15 is 0 Å². The molecule has 0 radical (unpaired) electrons. The quantitative estimate of drug-likeness (QED) is 0.517. The third-order valence-electron chi connectivity index (χ3n) is 3.05. The second-order valence-corrected chi connectivity index (χ2v) is 4.51. The number of allylic oxidation sites excluding steroid dienone is 1. The van der Waals surface area contributed by atoms with Crippen molar-refractivity contribution in [1.29, 1.82) is 5.26 Å². The molecule has 0 spiro atoms. The molecule has 0 amide bonds. The molecule has 1 aliphatic rings. The normalized spacial score (nSPS) is 27.7. The van der Waals surface area contributed by atoms with Crippen LogP contribution in [0.15, 0.2) is 12.2 Å². The number of nitrogens with zero attached hydrogens (tertiary/aromatic N) is 1. The molecule has 1 aliphatic carbocycles. The van der Waals surface area contributed by atoms with Gasteiger partial charge in [-0.25, -0.2) is 0 Å². The summed E-state index contributed by atoms with van der Waals surface area (Å²) in [4.78, 5) is 0. The van der Waals surface area contributed by atoms with Gasteiger partial charge in [0.15, 0.2) is 6.29 Å². The summed E-state index contributed by atoms with van der Waals surface area (Å²) in [5.74, 6) is -0.00863. The van der Waals surface area contributed by atoms with Crippen LogP contribution in [0.4, 0.5) is 0 Å². The van der Waals surface area contributed by atoms with Crippen molar-refractivity contribution >= 4 is 0 Å². The molecule has 3 heteroatoms. The lowest BCUT2D eigenvalue weighted by molar-refractivity contribution is -0.0792. The number of hydrogen-bond acceptors (Lipinski definition) is 3. The van der Waals surface area contributed by atoms with Crippen LogP contribution in [0, 0.1) is 28.6 Å². The molecule has 0 saturated heterocycles. The average Bonchev–Trinajstić information content (AvgIpc) is 2.18. The maximum absolute atomic E-state index is 9.05. The van der Waals surface area contributed by atoms with Crippen molar-refractivity contribution in [3.05, 3.63) is 12.2 Å². The molecule has 0 aromatic carbocycles. The highest BCUT2D eigenvalue weighted by Crippen LogP contribution is 2.37. The van der Waals surface area contributed by atoms with Crippen LogP contribution in [0.1, 0.15) is 26.7 Å². The van der Waals surface area contributed by atoms with Crippen molar-refractivity contribution in [2.45, 2.75) is 33.0 Å². The first-order valence-electron chi connectivity index (χ1n) is 4.91. The van der Waals surface area contributed by atoms with Gasteiger partial charge < -0.3 is 10.2 Å². The van der Waals surface area contributed by atoms with Crippen LogP contribution in [-0.2, 0) is 0 Å². The lowest BCUT2D eigenvalue weighted by atomic mass is 9.71. The molecule has 78 valence electrons. The second-order valence-electron chi connectivity index (χ2n) is 4.51. The van der Waals surface area contributed by atoms with E-state index in [4.69, 9.17) is 15.5 Å². The zero-order valence-corrected chi connectivity index (χ0v) is 8.64. The van der Waals surface area contributed by atoms with Crippen molar-refractivity contribution in [2.75, 3.05) is 0 Å². The molecule has 0 aromatic heterocycles. The van der Waals surface area contributed by atoms with E-state index in [2.05, 4.69) is 6.07 Å². The fourth-order valence-corrected chi connectivity index (χ4v) is 1.82. The van der Waals surface area contributed by atoms with Crippen molar-refractivity contribution < 1.29 is 10.2 Å². The number of aliphatic hydroxyl groups excluding tert-OH is 1. The van der Waals surface area contributed by atoms with Gasteiger partial charge in [-0.2, -0.15) is 5.26 Å². The lowest BCUT2D eigenvalue weighted by Gasteiger charge is -2.33. The summed E-state index contributed by atoms with van der Waals surface area (Å²) in [5, 5.41) is 27.1. The van der Waals surface area contributed by atoms with E-state index in [1.165, 1.54) is 0 Å². The molecule has 2 atom stereocenters. The summed E-state index contributed by atoms with van der Waals surface area (Å²) in [6.45, 7) is 3.80. The van der Waals surface area contributed by atoms with Gasteiger partial charge in [0.2, 0.25) is 0 Å². The van der Waals surface area contributed by atoms with E-state index < -0.39 is 11.7 Å². The van der Waals surface area contributed by atoms with Crippen LogP contribution in [-0.4, -0.2) is 16.5 Å². The minimum Gasteiger partial charge on any atom is -0.368 e. The maximum atomic E-state index is 9.05. The zero-order chi connectivity index (χ0) is 10.8. The molecular formula is C11H17NO2. The summed E-state index contributed by atoms with van der Waals surface area (Å²) in [7, 11) is 0. The smallest absolute Gasteiger partial charge is 0.157 e. The third kappa shape index (κ3) is 2.34. The minimum atomic E-state index is -1.30. The van der Waals surface area contributed by atoms with Gasteiger partial charge in [0.05, 0.1) is 11.5 Å². The molecule has 2 N–H and O–H groups in total. The number of hydrogen-bond donors (Lipinski definition) is 2. The van der Waals surface area contributed by atoms with Crippen LogP contribution >= 0.6 is 0 Å². The molecule has 1 rings (SSSR count). The highest BCUT2D eigenvalue weighted by atomic mass is 16.5. The fraction of sp³-hybridized carbons (Fsp3) is 0.727. The molecule has 0 unspecified atom stereocenters. The van der Waals surface area contributed by atoms with Gasteiger partial charge in [-0.05, 0) is 32.6 Å². The Balaban J connectivity index is 2.70. The Labute approximate surface area is 84.7 Å². The van der Waals surface area contributed by atoms with Gasteiger partial charge >= 0.3 is 0 Å². The molecule has 0 fully saturated rings. The maximum Gasteiger partial charge on any atom is 0.157 e. The predicted octanol–water partition coefficient (Wildman–Crippen LogP) is 1.43. The Kier molecular flexibility index (Phi) is 3.30. The van der Waals surface area contributed by atoms with E-state index in [1.807, 2.05) is 26.0 Å². The van der Waals surface area contributed by atoms with Crippen LogP contribution in [0.2, 0.25) is 0 Å². The second kappa shape index (κ2) is 4.12. The van der Waals surface area contributed by atoms with Crippen LogP contribution in [0.3, 0.4) is 0 Å². The van der Waals surface area contributed by atoms with E-state index in [0.717, 1.165) is 6.42 Å². The van der Waals surface area contributed by atoms with Gasteiger partial charge in [-0.15, -0.1) is 0 Å². The number of aliphatic hydroxyl groups is 2. The van der Waals surface area contributed by atoms with Gasteiger partial charge in [0, 0.05) is 5.92 Å². The van der Waals surface area contributed by atoms with E-state index in [1.54, 1.807) is 0 Å². The summed E-state index contributed by atoms with van der Waals surface area (Å²) < 4.78 is 0. The molecule has 14 heavy (non-hydrogen) atoms. The van der Waals surface area contributed by atoms with Gasteiger partial charge in [0.1, 0.15) is 0 Å². The standard InChI is InChI=1S/C11H17NO2/c1-11(2,7-12)9-5-3-4-8(6-9)10(13)14/h3-4,8-10,13-14H,5-6H2,1-2H3/t8-,9+/m0/s1. The van der Waals surface area contributed by atoms with Crippen LogP contribution in [0.25, 0.3) is 0 Å². The van der Waals surface area contributed by atoms with E-state index in [0.29, 0.717) is 6.42 Å². The molecule has 0 bridgehead atoms. The van der Waals surface area contributed by atoms with Crippen LogP contribution < -0.4 is 0 Å². The average molecular weight is 195 g/mol. The van der Waals surface area contributed by atoms with E-state index in [-0.39, 0.29) is 11.8 Å². The summed E-state index contributed by atoms with van der Waals surface area (Å²) in [6.07, 6.45) is 3.99. The highest BCUT2D eigenvalue weighted by molar-refractivity contribution is 5.05. The SMILES string of the molecule is CC(C)(C#N)[C@@H]1CC=C[C@H](C(O)O)C1. The van der Waals surface area contributed by atoms with E-state index in [9.17, 15) is 0 Å². The summed E-state index contributed by atoms with van der Waals surface area (Å²) in [5.41, 5.74) is -0.391. The van der Waals surface area contributed by atoms with Crippen LogP contribution in [0.5, 0.6) is 0 Å². The Morgan fingerprint density at radius 1 is 1.50 bits per heavy atom. The molecule has 0 saturated carbocycles. The first-order chi connectivity index (χ1) is 6.47. The fourth-order valence-electron chi connectivity index (χ4n) is 1.82. The number of nitriles is 1. The van der Waals surface area contributed by atoms with Crippen molar-refractivity contribution in [3.8, 4) is 6.07 Å².